The molecule has 1 aliphatic heterocycles. The topological polar surface area (TPSA) is 48.1 Å². The van der Waals surface area contributed by atoms with Crippen molar-refractivity contribution in [3.63, 3.8) is 0 Å². The molecule has 3 rings (SSSR count). The first kappa shape index (κ1) is 13.5. The van der Waals surface area contributed by atoms with Gasteiger partial charge in [0.1, 0.15) is 0 Å². The van der Waals surface area contributed by atoms with Crippen molar-refractivity contribution < 1.29 is 4.79 Å². The Kier molecular flexibility index (Phi) is 3.68. The number of hydrogen-bond acceptors (Lipinski definition) is 2. The molecule has 1 amide bonds. The maximum absolute atomic E-state index is 11.5. The van der Waals surface area contributed by atoms with Crippen molar-refractivity contribution in [2.75, 3.05) is 13.6 Å². The molecule has 1 aromatic carbocycles. The van der Waals surface area contributed by atoms with Crippen molar-refractivity contribution >= 4 is 28.4 Å². The molecule has 2 heterocycles. The van der Waals surface area contributed by atoms with Crippen molar-refractivity contribution in [1.29, 1.82) is 0 Å². The molecule has 2 aromatic rings. The molecule has 0 saturated carbocycles. The van der Waals surface area contributed by atoms with E-state index in [1.54, 1.807) is 4.90 Å². The molecular weight excluding hydrogens is 274 g/mol. The third-order valence-electron chi connectivity index (χ3n) is 3.94. The minimum Gasteiger partial charge on any atom is -0.361 e. The Bertz CT molecular complexity index is 637. The van der Waals surface area contributed by atoms with Crippen molar-refractivity contribution in [2.24, 2.45) is 0 Å². The summed E-state index contributed by atoms with van der Waals surface area (Å²) in [6, 6.07) is 6.26. The van der Waals surface area contributed by atoms with Crippen molar-refractivity contribution in [3.05, 3.63) is 35.0 Å². The van der Waals surface area contributed by atoms with Crippen LogP contribution in [0.4, 0.5) is 0 Å². The Labute approximate surface area is 123 Å². The number of rotatable bonds is 3. The van der Waals surface area contributed by atoms with E-state index in [4.69, 9.17) is 11.6 Å². The second kappa shape index (κ2) is 5.46. The van der Waals surface area contributed by atoms with Crippen LogP contribution in [0.3, 0.4) is 0 Å². The van der Waals surface area contributed by atoms with Gasteiger partial charge in [-0.25, -0.2) is 0 Å². The first-order valence-corrected chi connectivity index (χ1v) is 7.24. The summed E-state index contributed by atoms with van der Waals surface area (Å²) in [5.74, 6) is 0.241. The van der Waals surface area contributed by atoms with Gasteiger partial charge in [-0.2, -0.15) is 0 Å². The lowest BCUT2D eigenvalue weighted by Crippen LogP contribution is -2.46. The number of amides is 1. The number of carbonyl (C=O) groups excluding carboxylic acids is 1. The second-order valence-corrected chi connectivity index (χ2v) is 5.83. The summed E-state index contributed by atoms with van der Waals surface area (Å²) in [5.41, 5.74) is 2.29. The first-order chi connectivity index (χ1) is 9.63. The van der Waals surface area contributed by atoms with Gasteiger partial charge >= 0.3 is 0 Å². The lowest BCUT2D eigenvalue weighted by atomic mass is 10.1. The third kappa shape index (κ3) is 2.67. The molecule has 4 nitrogen and oxygen atoms in total. The number of aromatic amines is 1. The highest BCUT2D eigenvalue weighted by molar-refractivity contribution is 6.31. The van der Waals surface area contributed by atoms with Crippen molar-refractivity contribution in [2.45, 2.75) is 25.4 Å². The molecule has 0 spiro atoms. The number of carbonyl (C=O) groups is 1. The number of likely N-dealkylation sites (N-methyl/N-ethyl adjacent to an activating group) is 1. The predicted molar refractivity (Wildman–Crippen MR) is 80.8 cm³/mol. The molecule has 0 radical (unpaired) electrons. The lowest BCUT2D eigenvalue weighted by Gasteiger charge is -2.30. The fourth-order valence-corrected chi connectivity index (χ4v) is 2.91. The SMILES string of the molecule is CN1CC(NCc2c[nH]c3cc(Cl)ccc23)CCC1=O. The monoisotopic (exact) mass is 291 g/mol. The number of piperidine rings is 1. The fraction of sp³-hybridized carbons (Fsp3) is 0.400. The van der Waals surface area contributed by atoms with Gasteiger partial charge in [-0.05, 0) is 24.1 Å². The zero-order chi connectivity index (χ0) is 14.1. The van der Waals surface area contributed by atoms with Gasteiger partial charge in [-0.3, -0.25) is 4.79 Å². The van der Waals surface area contributed by atoms with Crippen LogP contribution in [0.1, 0.15) is 18.4 Å². The van der Waals surface area contributed by atoms with Crippen molar-refractivity contribution in [1.82, 2.24) is 15.2 Å². The molecular formula is C15H18ClN3O. The Morgan fingerprint density at radius 3 is 3.15 bits per heavy atom. The van der Waals surface area contributed by atoms with Crippen LogP contribution < -0.4 is 5.32 Å². The minimum atomic E-state index is 0.241. The largest absolute Gasteiger partial charge is 0.361 e. The van der Waals surface area contributed by atoms with Gasteiger partial charge in [0.15, 0.2) is 0 Å². The van der Waals surface area contributed by atoms with Crippen LogP contribution in [0.2, 0.25) is 5.02 Å². The molecule has 20 heavy (non-hydrogen) atoms. The van der Waals surface area contributed by atoms with E-state index < -0.39 is 0 Å². The highest BCUT2D eigenvalue weighted by atomic mass is 35.5. The zero-order valence-electron chi connectivity index (χ0n) is 11.4. The summed E-state index contributed by atoms with van der Waals surface area (Å²) in [6.45, 7) is 1.58. The average molecular weight is 292 g/mol. The number of fused-ring (bicyclic) bond motifs is 1. The Balaban J connectivity index is 1.67. The zero-order valence-corrected chi connectivity index (χ0v) is 12.2. The number of likely N-dealkylation sites (tertiary alicyclic amines) is 1. The van der Waals surface area contributed by atoms with Crippen LogP contribution in [0.15, 0.2) is 24.4 Å². The number of aromatic nitrogens is 1. The van der Waals surface area contributed by atoms with Crippen LogP contribution in [0.25, 0.3) is 10.9 Å². The van der Waals surface area contributed by atoms with E-state index in [-0.39, 0.29) is 5.91 Å². The van der Waals surface area contributed by atoms with Crippen molar-refractivity contribution in [3.8, 4) is 0 Å². The molecule has 1 aromatic heterocycles. The highest BCUT2D eigenvalue weighted by Gasteiger charge is 2.22. The van der Waals surface area contributed by atoms with E-state index in [0.29, 0.717) is 12.5 Å². The number of H-pyrrole nitrogens is 1. The molecule has 1 atom stereocenters. The summed E-state index contributed by atoms with van der Waals surface area (Å²) in [4.78, 5) is 16.5. The van der Waals surface area contributed by atoms with Gasteiger partial charge < -0.3 is 15.2 Å². The quantitative estimate of drug-likeness (QED) is 0.913. The standard InChI is InChI=1S/C15H18ClN3O/c1-19-9-12(3-5-15(19)20)17-7-10-8-18-14-6-11(16)2-4-13(10)14/h2,4,6,8,12,17-18H,3,5,7,9H2,1H3. The molecule has 0 aliphatic carbocycles. The molecule has 1 aliphatic rings. The number of benzene rings is 1. The molecule has 1 fully saturated rings. The summed E-state index contributed by atoms with van der Waals surface area (Å²) < 4.78 is 0. The Morgan fingerprint density at radius 1 is 1.50 bits per heavy atom. The third-order valence-corrected chi connectivity index (χ3v) is 4.17. The van der Waals surface area contributed by atoms with Crippen LogP contribution >= 0.6 is 11.6 Å². The van der Waals surface area contributed by atoms with Crippen LogP contribution in [-0.2, 0) is 11.3 Å². The normalized spacial score (nSPS) is 19.8. The van der Waals surface area contributed by atoms with Gasteiger partial charge in [0, 0.05) is 54.7 Å². The van der Waals surface area contributed by atoms with Gasteiger partial charge in [0.05, 0.1) is 0 Å². The molecule has 1 unspecified atom stereocenters. The molecule has 106 valence electrons. The van der Waals surface area contributed by atoms with Crippen LogP contribution in [0, 0.1) is 0 Å². The molecule has 2 N–H and O–H groups in total. The van der Waals surface area contributed by atoms with Crippen LogP contribution in [0.5, 0.6) is 0 Å². The number of hydrogen-bond donors (Lipinski definition) is 2. The summed E-state index contributed by atoms with van der Waals surface area (Å²) in [5, 5.41) is 5.47. The Morgan fingerprint density at radius 2 is 2.35 bits per heavy atom. The number of nitrogens with zero attached hydrogens (tertiary/aromatic N) is 1. The summed E-state index contributed by atoms with van der Waals surface area (Å²) in [7, 11) is 1.86. The summed E-state index contributed by atoms with van der Waals surface area (Å²) in [6.07, 6.45) is 3.57. The maximum atomic E-state index is 11.5. The van der Waals surface area contributed by atoms with E-state index in [1.165, 1.54) is 10.9 Å². The first-order valence-electron chi connectivity index (χ1n) is 6.86. The maximum Gasteiger partial charge on any atom is 0.222 e. The van der Waals surface area contributed by atoms with E-state index in [9.17, 15) is 4.79 Å². The van der Waals surface area contributed by atoms with E-state index >= 15 is 0 Å². The van der Waals surface area contributed by atoms with E-state index in [1.807, 2.05) is 31.4 Å². The van der Waals surface area contributed by atoms with Gasteiger partial charge in [-0.1, -0.05) is 17.7 Å². The van der Waals surface area contributed by atoms with Gasteiger partial charge in [0.2, 0.25) is 5.91 Å². The molecule has 1 saturated heterocycles. The lowest BCUT2D eigenvalue weighted by molar-refractivity contribution is -0.132. The molecule has 5 heteroatoms. The second-order valence-electron chi connectivity index (χ2n) is 5.39. The summed E-state index contributed by atoms with van der Waals surface area (Å²) >= 11 is 5.98. The number of nitrogens with one attached hydrogen (secondary N) is 2. The van der Waals surface area contributed by atoms with Gasteiger partial charge in [0.25, 0.3) is 0 Å². The highest BCUT2D eigenvalue weighted by Crippen LogP contribution is 2.22. The van der Waals surface area contributed by atoms with Gasteiger partial charge in [-0.15, -0.1) is 0 Å². The van der Waals surface area contributed by atoms with E-state index in [2.05, 4.69) is 10.3 Å². The van der Waals surface area contributed by atoms with E-state index in [0.717, 1.165) is 30.0 Å². The predicted octanol–water partition coefficient (Wildman–Crippen LogP) is 2.53. The van der Waals surface area contributed by atoms with Crippen LogP contribution in [-0.4, -0.2) is 35.4 Å². The number of halogens is 1. The molecule has 0 bridgehead atoms. The average Bonchev–Trinajstić information content (AvgIpc) is 2.82. The Hall–Kier alpha value is -1.52. The fourth-order valence-electron chi connectivity index (χ4n) is 2.74. The minimum absolute atomic E-state index is 0.241. The smallest absolute Gasteiger partial charge is 0.222 e.